The maximum absolute atomic E-state index is 5.57. The minimum Gasteiger partial charge on any atom is -0.106 e. The van der Waals surface area contributed by atoms with Gasteiger partial charge in [0.25, 0.3) is 0 Å². The van der Waals surface area contributed by atoms with E-state index < -0.39 is 0 Å². The molecule has 0 aromatic heterocycles. The van der Waals surface area contributed by atoms with Crippen LogP contribution in [0.1, 0.15) is 47.5 Å². The van der Waals surface area contributed by atoms with Crippen molar-refractivity contribution in [2.24, 2.45) is 17.3 Å². The molecule has 15 heavy (non-hydrogen) atoms. The third-order valence-corrected chi connectivity index (χ3v) is 3.45. The van der Waals surface area contributed by atoms with Crippen LogP contribution in [0.25, 0.3) is 0 Å². The highest BCUT2D eigenvalue weighted by Gasteiger charge is 2.28. The lowest BCUT2D eigenvalue weighted by Crippen LogP contribution is -2.27. The molecule has 0 aromatic carbocycles. The first-order valence-corrected chi connectivity index (χ1v) is 5.98. The van der Waals surface area contributed by atoms with E-state index in [0.717, 1.165) is 5.92 Å². The Hall–Kier alpha value is -0.455. The molecule has 0 heterocycles. The summed E-state index contributed by atoms with van der Waals surface area (Å²) in [6.45, 7) is 15.1. The molecule has 0 spiro atoms. The minimum atomic E-state index is 0.201. The van der Waals surface area contributed by atoms with E-state index in [-0.39, 0.29) is 5.41 Å². The van der Waals surface area contributed by atoms with Crippen molar-refractivity contribution in [3.8, 4) is 0 Å². The van der Waals surface area contributed by atoms with Crippen LogP contribution in [-0.4, -0.2) is 7.85 Å². The van der Waals surface area contributed by atoms with E-state index in [1.54, 1.807) is 0 Å². The maximum Gasteiger partial charge on any atom is 0.112 e. The molecule has 84 valence electrons. The van der Waals surface area contributed by atoms with Crippen molar-refractivity contribution < 1.29 is 0 Å². The van der Waals surface area contributed by atoms with E-state index in [2.05, 4.69) is 47.3 Å². The number of hydrogen-bond donors (Lipinski definition) is 0. The topological polar surface area (TPSA) is 0 Å². The summed E-state index contributed by atoms with van der Waals surface area (Å²) in [5.41, 5.74) is 0.842. The van der Waals surface area contributed by atoms with Crippen molar-refractivity contribution in [2.45, 2.75) is 47.5 Å². The van der Waals surface area contributed by atoms with Crippen LogP contribution in [0, 0.1) is 17.3 Å². The van der Waals surface area contributed by atoms with Crippen molar-refractivity contribution in [1.29, 1.82) is 0 Å². The smallest absolute Gasteiger partial charge is 0.106 e. The van der Waals surface area contributed by atoms with Crippen molar-refractivity contribution in [1.82, 2.24) is 0 Å². The molecule has 0 fully saturated rings. The van der Waals surface area contributed by atoms with Gasteiger partial charge in [-0.05, 0) is 17.3 Å². The summed E-state index contributed by atoms with van der Waals surface area (Å²) in [4.78, 5) is 0. The average Bonchev–Trinajstić information content (AvgIpc) is 2.15. The lowest BCUT2D eigenvalue weighted by atomic mass is 9.69. The number of rotatable bonds is 6. The van der Waals surface area contributed by atoms with Crippen LogP contribution in [0.5, 0.6) is 0 Å². The monoisotopic (exact) mass is 204 g/mol. The molecular weight excluding hydrogens is 179 g/mol. The highest BCUT2D eigenvalue weighted by atomic mass is 14.3. The van der Waals surface area contributed by atoms with Crippen LogP contribution in [0.3, 0.4) is 0 Å². The van der Waals surface area contributed by atoms with Gasteiger partial charge in [-0.25, -0.2) is 0 Å². The number of allylic oxidation sites excluding steroid dienone is 3. The largest absolute Gasteiger partial charge is 0.112 e. The van der Waals surface area contributed by atoms with E-state index in [4.69, 9.17) is 7.85 Å². The van der Waals surface area contributed by atoms with Gasteiger partial charge in [-0.3, -0.25) is 0 Å². The summed E-state index contributed by atoms with van der Waals surface area (Å²) in [6, 6.07) is 0. The molecule has 0 aliphatic carbocycles. The van der Waals surface area contributed by atoms with Gasteiger partial charge >= 0.3 is 0 Å². The van der Waals surface area contributed by atoms with Gasteiger partial charge < -0.3 is 0 Å². The Morgan fingerprint density at radius 1 is 1.33 bits per heavy atom. The SMILES string of the molecule is [B]C(=C)/C=C\C(C)(C)[C@H](CC)C(C)CC. The summed E-state index contributed by atoms with van der Waals surface area (Å²) >= 11 is 0. The van der Waals surface area contributed by atoms with Gasteiger partial charge in [0.15, 0.2) is 0 Å². The Morgan fingerprint density at radius 3 is 2.20 bits per heavy atom. The Kier molecular flexibility index (Phi) is 6.01. The molecule has 0 N–H and O–H groups in total. The molecule has 0 aliphatic rings. The van der Waals surface area contributed by atoms with E-state index in [1.165, 1.54) is 12.8 Å². The van der Waals surface area contributed by atoms with Crippen molar-refractivity contribution >= 4 is 7.85 Å². The van der Waals surface area contributed by atoms with E-state index in [0.29, 0.717) is 11.4 Å². The van der Waals surface area contributed by atoms with Crippen molar-refractivity contribution in [3.05, 3.63) is 24.2 Å². The van der Waals surface area contributed by atoms with E-state index >= 15 is 0 Å². The van der Waals surface area contributed by atoms with Crippen LogP contribution >= 0.6 is 0 Å². The second kappa shape index (κ2) is 6.20. The zero-order valence-electron chi connectivity index (χ0n) is 11.0. The van der Waals surface area contributed by atoms with Crippen LogP contribution < -0.4 is 0 Å². The molecule has 0 saturated carbocycles. The van der Waals surface area contributed by atoms with E-state index in [9.17, 15) is 0 Å². The quantitative estimate of drug-likeness (QED) is 0.446. The van der Waals surface area contributed by atoms with Crippen molar-refractivity contribution in [3.63, 3.8) is 0 Å². The standard InChI is InChI=1S/C14H25B/c1-7-11(3)13(8-2)14(5,6)10-9-12(4)15/h9-11,13H,4,7-8H2,1-3,5-6H3/b10-9-/t11?,13-/m1/s1. The Bertz CT molecular complexity index is 225. The van der Waals surface area contributed by atoms with Crippen LogP contribution in [0.2, 0.25) is 0 Å². The lowest BCUT2D eigenvalue weighted by molar-refractivity contribution is 0.188. The van der Waals surface area contributed by atoms with Crippen LogP contribution in [0.15, 0.2) is 24.2 Å². The Morgan fingerprint density at radius 2 is 1.87 bits per heavy atom. The molecule has 0 amide bonds. The van der Waals surface area contributed by atoms with Crippen LogP contribution in [0.4, 0.5) is 0 Å². The number of hydrogen-bond acceptors (Lipinski definition) is 0. The molecule has 2 radical (unpaired) electrons. The summed E-state index contributed by atoms with van der Waals surface area (Å²) in [7, 11) is 5.57. The lowest BCUT2D eigenvalue weighted by Gasteiger charge is -2.35. The van der Waals surface area contributed by atoms with Gasteiger partial charge in [-0.2, -0.15) is 0 Å². The van der Waals surface area contributed by atoms with Gasteiger partial charge in [-0.1, -0.05) is 59.6 Å². The predicted molar refractivity (Wildman–Crippen MR) is 71.1 cm³/mol. The minimum absolute atomic E-state index is 0.201. The second-order valence-electron chi connectivity index (χ2n) is 5.13. The normalized spacial score (nSPS) is 16.6. The summed E-state index contributed by atoms with van der Waals surface area (Å²) in [6.07, 6.45) is 6.59. The molecule has 1 unspecified atom stereocenters. The zero-order chi connectivity index (χ0) is 12.1. The molecule has 0 rings (SSSR count). The third kappa shape index (κ3) is 4.73. The molecule has 0 saturated heterocycles. The average molecular weight is 204 g/mol. The fourth-order valence-electron chi connectivity index (χ4n) is 2.39. The fourth-order valence-corrected chi connectivity index (χ4v) is 2.39. The maximum atomic E-state index is 5.57. The first-order chi connectivity index (χ1) is 6.85. The first-order valence-electron chi connectivity index (χ1n) is 5.98. The van der Waals surface area contributed by atoms with Crippen molar-refractivity contribution in [2.75, 3.05) is 0 Å². The molecule has 2 atom stereocenters. The highest BCUT2D eigenvalue weighted by Crippen LogP contribution is 2.37. The first kappa shape index (κ1) is 14.5. The van der Waals surface area contributed by atoms with Gasteiger partial charge in [-0.15, -0.1) is 12.1 Å². The van der Waals surface area contributed by atoms with E-state index in [1.807, 2.05) is 6.08 Å². The van der Waals surface area contributed by atoms with Gasteiger partial charge in [0, 0.05) is 0 Å². The third-order valence-electron chi connectivity index (χ3n) is 3.45. The zero-order valence-corrected chi connectivity index (χ0v) is 11.0. The molecule has 0 bridgehead atoms. The molecule has 0 aliphatic heterocycles. The summed E-state index contributed by atoms with van der Waals surface area (Å²) in [5.74, 6) is 1.46. The van der Waals surface area contributed by atoms with Gasteiger partial charge in [0.05, 0.1) is 0 Å². The molecule has 0 nitrogen and oxygen atoms in total. The second-order valence-corrected chi connectivity index (χ2v) is 5.13. The molecule has 1 heteroatoms. The van der Waals surface area contributed by atoms with Crippen LogP contribution in [-0.2, 0) is 0 Å². The molecular formula is C14H25B. The fraction of sp³-hybridized carbons (Fsp3) is 0.714. The highest BCUT2D eigenvalue weighted by molar-refractivity contribution is 6.22. The summed E-state index contributed by atoms with van der Waals surface area (Å²) in [5, 5.41) is 0. The van der Waals surface area contributed by atoms with Gasteiger partial charge in [0.1, 0.15) is 7.85 Å². The predicted octanol–water partition coefficient (Wildman–Crippen LogP) is 4.32. The summed E-state index contributed by atoms with van der Waals surface area (Å²) < 4.78 is 0. The Balaban J connectivity index is 4.72. The Labute approximate surface area is 97.3 Å². The molecule has 0 aromatic rings. The van der Waals surface area contributed by atoms with Gasteiger partial charge in [0.2, 0.25) is 0 Å².